The number of halogens is 3. The van der Waals surface area contributed by atoms with Gasteiger partial charge in [-0.3, -0.25) is 4.90 Å². The van der Waals surface area contributed by atoms with Crippen LogP contribution in [0.2, 0.25) is 0 Å². The third kappa shape index (κ3) is 3.73. The van der Waals surface area contributed by atoms with Gasteiger partial charge in [-0.05, 0) is 61.1 Å². The second-order valence-electron chi connectivity index (χ2n) is 7.17. The first-order valence-electron chi connectivity index (χ1n) is 9.21. The first-order chi connectivity index (χ1) is 12.5. The predicted molar refractivity (Wildman–Crippen MR) is 94.9 cm³/mol. The van der Waals surface area contributed by atoms with Crippen LogP contribution in [0, 0.1) is 0 Å². The topological polar surface area (TPSA) is 12.5 Å². The second kappa shape index (κ2) is 6.95. The van der Waals surface area contributed by atoms with Crippen molar-refractivity contribution in [2.24, 2.45) is 0 Å². The summed E-state index contributed by atoms with van der Waals surface area (Å²) in [6.45, 7) is 1.19. The van der Waals surface area contributed by atoms with Crippen molar-refractivity contribution >= 4 is 0 Å². The minimum absolute atomic E-state index is 0.194. The summed E-state index contributed by atoms with van der Waals surface area (Å²) in [6.07, 6.45) is 1.80. The fourth-order valence-corrected chi connectivity index (χ4v) is 4.36. The van der Waals surface area contributed by atoms with Crippen molar-refractivity contribution in [1.82, 2.24) is 4.90 Å². The van der Waals surface area contributed by atoms with E-state index in [2.05, 4.69) is 33.9 Å². The monoisotopic (exact) mass is 361 g/mol. The Morgan fingerprint density at radius 3 is 2.12 bits per heavy atom. The maximum atomic E-state index is 12.2. The highest BCUT2D eigenvalue weighted by molar-refractivity contribution is 5.64. The van der Waals surface area contributed by atoms with Crippen LogP contribution in [0.15, 0.2) is 48.5 Å². The number of hydrogen-bond acceptors (Lipinski definition) is 2. The van der Waals surface area contributed by atoms with Gasteiger partial charge in [0.15, 0.2) is 0 Å². The van der Waals surface area contributed by atoms with Gasteiger partial charge in [0, 0.05) is 12.1 Å². The van der Waals surface area contributed by atoms with Crippen molar-refractivity contribution in [2.45, 2.75) is 50.6 Å². The highest BCUT2D eigenvalue weighted by atomic mass is 19.4. The Morgan fingerprint density at radius 1 is 0.808 bits per heavy atom. The van der Waals surface area contributed by atoms with Crippen LogP contribution in [0.25, 0.3) is 11.1 Å². The maximum Gasteiger partial charge on any atom is 0.573 e. The van der Waals surface area contributed by atoms with Crippen LogP contribution in [0.4, 0.5) is 13.2 Å². The molecule has 2 aliphatic heterocycles. The molecular formula is C21H22F3NO. The number of alkyl halides is 3. The molecule has 0 N–H and O–H groups in total. The lowest BCUT2D eigenvalue weighted by Gasteiger charge is -2.34. The van der Waals surface area contributed by atoms with E-state index in [1.165, 1.54) is 56.3 Å². The number of hydrogen-bond donors (Lipinski definition) is 0. The van der Waals surface area contributed by atoms with Gasteiger partial charge in [0.05, 0.1) is 0 Å². The molecular weight excluding hydrogens is 339 g/mol. The summed E-state index contributed by atoms with van der Waals surface area (Å²) in [5, 5.41) is 0. The van der Waals surface area contributed by atoms with Crippen molar-refractivity contribution < 1.29 is 17.9 Å². The molecule has 2 nitrogen and oxygen atoms in total. The highest BCUT2D eigenvalue weighted by Crippen LogP contribution is 2.40. The van der Waals surface area contributed by atoms with Crippen LogP contribution >= 0.6 is 0 Å². The molecule has 4 rings (SSSR count). The van der Waals surface area contributed by atoms with Crippen LogP contribution in [0.3, 0.4) is 0 Å². The number of ether oxygens (including phenoxy) is 1. The van der Waals surface area contributed by atoms with Crippen LogP contribution < -0.4 is 4.74 Å². The Morgan fingerprint density at radius 2 is 1.46 bits per heavy atom. The first-order valence-corrected chi connectivity index (χ1v) is 9.21. The summed E-state index contributed by atoms with van der Waals surface area (Å²) in [6, 6.07) is 15.7. The summed E-state index contributed by atoms with van der Waals surface area (Å²) in [5.41, 5.74) is 3.23. The van der Waals surface area contributed by atoms with E-state index in [1.807, 2.05) is 0 Å². The smallest absolute Gasteiger partial charge is 0.406 e. The lowest BCUT2D eigenvalue weighted by Crippen LogP contribution is -2.35. The fourth-order valence-electron chi connectivity index (χ4n) is 4.36. The first kappa shape index (κ1) is 17.4. The Balaban J connectivity index is 1.48. The Labute approximate surface area is 151 Å². The number of nitrogens with zero attached hydrogens (tertiary/aromatic N) is 1. The van der Waals surface area contributed by atoms with Crippen molar-refractivity contribution in [3.63, 3.8) is 0 Å². The van der Waals surface area contributed by atoms with E-state index in [0.29, 0.717) is 6.04 Å². The second-order valence-corrected chi connectivity index (χ2v) is 7.17. The standard InChI is InChI=1S/C21H22F3NO/c22-21(23,24)26-19-11-8-16(9-12-19)15-4-6-17(7-5-15)20-13-10-18-3-1-2-14-25(18)20/h4-9,11-12,18,20H,1-3,10,13-14H2/t18?,20-/m0/s1. The molecule has 1 unspecified atom stereocenters. The molecule has 0 aliphatic carbocycles. The Kier molecular flexibility index (Phi) is 4.65. The molecule has 2 aromatic rings. The average molecular weight is 361 g/mol. The summed E-state index contributed by atoms with van der Waals surface area (Å²) in [4.78, 5) is 2.65. The molecule has 0 aromatic heterocycles. The van der Waals surface area contributed by atoms with Crippen LogP contribution in [-0.2, 0) is 0 Å². The van der Waals surface area contributed by atoms with Gasteiger partial charge in [0.25, 0.3) is 0 Å². The van der Waals surface area contributed by atoms with E-state index in [9.17, 15) is 13.2 Å². The Bertz CT molecular complexity index is 739. The van der Waals surface area contributed by atoms with Crippen LogP contribution in [0.5, 0.6) is 5.75 Å². The molecule has 2 fully saturated rings. The SMILES string of the molecule is FC(F)(F)Oc1ccc(-c2ccc([C@@H]3CCC4CCCCN43)cc2)cc1. The minimum atomic E-state index is -4.66. The normalized spacial score (nSPS) is 23.7. The molecule has 2 atom stereocenters. The number of fused-ring (bicyclic) bond motifs is 1. The molecule has 0 amide bonds. The van der Waals surface area contributed by atoms with E-state index in [-0.39, 0.29) is 5.75 Å². The average Bonchev–Trinajstić information content (AvgIpc) is 3.05. The zero-order chi connectivity index (χ0) is 18.1. The van der Waals surface area contributed by atoms with E-state index in [4.69, 9.17) is 0 Å². The Hall–Kier alpha value is -2.01. The predicted octanol–water partition coefficient (Wildman–Crippen LogP) is 5.94. The van der Waals surface area contributed by atoms with Crippen molar-refractivity contribution in [3.8, 4) is 16.9 Å². The summed E-state index contributed by atoms with van der Waals surface area (Å²) >= 11 is 0. The lowest BCUT2D eigenvalue weighted by molar-refractivity contribution is -0.274. The summed E-state index contributed by atoms with van der Waals surface area (Å²) in [5.74, 6) is -0.194. The van der Waals surface area contributed by atoms with Gasteiger partial charge >= 0.3 is 6.36 Å². The molecule has 0 spiro atoms. The van der Waals surface area contributed by atoms with Gasteiger partial charge in [-0.2, -0.15) is 0 Å². The lowest BCUT2D eigenvalue weighted by atomic mass is 9.99. The van der Waals surface area contributed by atoms with Crippen LogP contribution in [-0.4, -0.2) is 23.8 Å². The largest absolute Gasteiger partial charge is 0.573 e. The zero-order valence-corrected chi connectivity index (χ0v) is 14.5. The molecule has 5 heteroatoms. The van der Waals surface area contributed by atoms with Gasteiger partial charge in [-0.1, -0.05) is 42.8 Å². The highest BCUT2D eigenvalue weighted by Gasteiger charge is 2.35. The quantitative estimate of drug-likeness (QED) is 0.671. The summed E-state index contributed by atoms with van der Waals surface area (Å²) < 4.78 is 40.7. The van der Waals surface area contributed by atoms with Gasteiger partial charge < -0.3 is 4.74 Å². The number of benzene rings is 2. The van der Waals surface area contributed by atoms with Crippen molar-refractivity contribution in [2.75, 3.05) is 6.54 Å². The van der Waals surface area contributed by atoms with Gasteiger partial charge in [-0.25, -0.2) is 0 Å². The van der Waals surface area contributed by atoms with Crippen molar-refractivity contribution in [1.29, 1.82) is 0 Å². The van der Waals surface area contributed by atoms with Gasteiger partial charge in [-0.15, -0.1) is 13.2 Å². The molecule has 138 valence electrons. The number of piperidine rings is 1. The molecule has 0 radical (unpaired) electrons. The summed E-state index contributed by atoms with van der Waals surface area (Å²) in [7, 11) is 0. The molecule has 0 bridgehead atoms. The zero-order valence-electron chi connectivity index (χ0n) is 14.5. The third-order valence-electron chi connectivity index (χ3n) is 5.56. The molecule has 2 heterocycles. The van der Waals surface area contributed by atoms with E-state index < -0.39 is 6.36 Å². The molecule has 2 saturated heterocycles. The molecule has 0 saturated carbocycles. The fraction of sp³-hybridized carbons (Fsp3) is 0.429. The van der Waals surface area contributed by atoms with Gasteiger partial charge in [0.1, 0.15) is 5.75 Å². The van der Waals surface area contributed by atoms with Gasteiger partial charge in [0.2, 0.25) is 0 Å². The van der Waals surface area contributed by atoms with Crippen molar-refractivity contribution in [3.05, 3.63) is 54.1 Å². The third-order valence-corrected chi connectivity index (χ3v) is 5.56. The van der Waals surface area contributed by atoms with E-state index in [1.54, 1.807) is 12.1 Å². The molecule has 2 aliphatic rings. The number of rotatable bonds is 3. The van der Waals surface area contributed by atoms with Crippen LogP contribution in [0.1, 0.15) is 43.7 Å². The maximum absolute atomic E-state index is 12.2. The molecule has 26 heavy (non-hydrogen) atoms. The van der Waals surface area contributed by atoms with E-state index in [0.717, 1.165) is 17.2 Å². The minimum Gasteiger partial charge on any atom is -0.406 e. The molecule has 2 aromatic carbocycles. The van der Waals surface area contributed by atoms with E-state index >= 15 is 0 Å².